The van der Waals surface area contributed by atoms with Gasteiger partial charge in [-0.1, -0.05) is 49.2 Å². The first-order valence-corrected chi connectivity index (χ1v) is 12.6. The number of β-amino-alcohol motifs (C(OH)–C–C–N with tert-alkyl or cyclic N) is 1. The number of morpholine rings is 1. The molecule has 6 nitrogen and oxygen atoms in total. The van der Waals surface area contributed by atoms with Gasteiger partial charge in [-0.05, 0) is 35.4 Å². The Balaban J connectivity index is 1.62. The van der Waals surface area contributed by atoms with Crippen LogP contribution in [0.2, 0.25) is 10.0 Å². The van der Waals surface area contributed by atoms with Crippen molar-refractivity contribution in [3.63, 3.8) is 0 Å². The van der Waals surface area contributed by atoms with E-state index in [2.05, 4.69) is 18.7 Å². The van der Waals surface area contributed by atoms with Crippen LogP contribution in [-0.4, -0.2) is 79.3 Å². The fourth-order valence-corrected chi connectivity index (χ4v) is 4.43. The van der Waals surface area contributed by atoms with E-state index in [0.29, 0.717) is 41.3 Å². The van der Waals surface area contributed by atoms with Crippen LogP contribution in [0.25, 0.3) is 0 Å². The van der Waals surface area contributed by atoms with Crippen LogP contribution in [0.5, 0.6) is 11.5 Å². The second kappa shape index (κ2) is 12.6. The topological polar surface area (TPSA) is 71.4 Å². The Bertz CT molecular complexity index is 896. The maximum atomic E-state index is 10.3. The van der Waals surface area contributed by atoms with Crippen LogP contribution in [0.3, 0.4) is 0 Å². The van der Waals surface area contributed by atoms with Crippen LogP contribution >= 0.6 is 34.8 Å². The quantitative estimate of drug-likeness (QED) is 0.419. The number of hydrogen-bond donors (Lipinski definition) is 2. The van der Waals surface area contributed by atoms with E-state index in [4.69, 9.17) is 49.0 Å². The van der Waals surface area contributed by atoms with Crippen molar-refractivity contribution in [3.05, 3.63) is 57.6 Å². The summed E-state index contributed by atoms with van der Waals surface area (Å²) in [6.07, 6.45) is -1.36. The predicted octanol–water partition coefficient (Wildman–Crippen LogP) is 4.37. The second-order valence-electron chi connectivity index (χ2n) is 8.92. The highest BCUT2D eigenvalue weighted by molar-refractivity contribution is 6.37. The molecular weight excluding hydrogens is 501 g/mol. The monoisotopic (exact) mass is 531 g/mol. The van der Waals surface area contributed by atoms with Crippen molar-refractivity contribution < 1.29 is 24.4 Å². The fourth-order valence-electron chi connectivity index (χ4n) is 3.74. The number of halogens is 3. The molecule has 0 bridgehead atoms. The Kier molecular flexibility index (Phi) is 10.2. The SMILES string of the molecule is CC(C)(c1ccc(OC[C@@H](O)CN2CCOCC2)cc1)c1cc(Cl)c(OC[C@H](O)CCl)c(Cl)c1. The van der Waals surface area contributed by atoms with Gasteiger partial charge in [-0.15, -0.1) is 11.6 Å². The van der Waals surface area contributed by atoms with Crippen LogP contribution in [0.15, 0.2) is 36.4 Å². The van der Waals surface area contributed by atoms with Crippen molar-refractivity contribution in [3.8, 4) is 11.5 Å². The molecule has 0 saturated carbocycles. The van der Waals surface area contributed by atoms with Gasteiger partial charge in [0, 0.05) is 25.0 Å². The molecule has 0 spiro atoms. The highest BCUT2D eigenvalue weighted by Crippen LogP contribution is 2.40. The van der Waals surface area contributed by atoms with Gasteiger partial charge in [0.15, 0.2) is 5.75 Å². The van der Waals surface area contributed by atoms with Gasteiger partial charge >= 0.3 is 0 Å². The Morgan fingerprint density at radius 2 is 1.53 bits per heavy atom. The van der Waals surface area contributed by atoms with Crippen molar-refractivity contribution >= 4 is 34.8 Å². The molecule has 0 aliphatic carbocycles. The molecule has 1 aliphatic rings. The number of aliphatic hydroxyl groups is 2. The summed E-state index contributed by atoms with van der Waals surface area (Å²) in [5.41, 5.74) is 1.57. The van der Waals surface area contributed by atoms with Gasteiger partial charge in [0.25, 0.3) is 0 Å². The summed E-state index contributed by atoms with van der Waals surface area (Å²) in [7, 11) is 0. The standard InChI is InChI=1S/C25H32Cl3NO5/c1-25(2,18-11-22(27)24(23(28)12-18)34-15-19(30)13-26)17-3-5-21(6-4-17)33-16-20(31)14-29-7-9-32-10-8-29/h3-6,11-12,19-20,30-31H,7-10,13-16H2,1-2H3/t19-,20+/m1/s1. The lowest BCUT2D eigenvalue weighted by Gasteiger charge is -2.28. The molecule has 0 amide bonds. The van der Waals surface area contributed by atoms with Crippen molar-refractivity contribution in [2.45, 2.75) is 31.5 Å². The maximum absolute atomic E-state index is 10.3. The molecule has 34 heavy (non-hydrogen) atoms. The van der Waals surface area contributed by atoms with Crippen molar-refractivity contribution in [1.82, 2.24) is 4.90 Å². The van der Waals surface area contributed by atoms with Gasteiger partial charge in [0.2, 0.25) is 0 Å². The van der Waals surface area contributed by atoms with E-state index in [9.17, 15) is 10.2 Å². The lowest BCUT2D eigenvalue weighted by molar-refractivity contribution is 0.00465. The lowest BCUT2D eigenvalue weighted by Crippen LogP contribution is -2.42. The van der Waals surface area contributed by atoms with Gasteiger partial charge in [-0.2, -0.15) is 0 Å². The second-order valence-corrected chi connectivity index (χ2v) is 10.0. The Labute approximate surface area is 216 Å². The molecule has 2 aromatic carbocycles. The van der Waals surface area contributed by atoms with E-state index in [1.807, 2.05) is 36.4 Å². The number of aliphatic hydroxyl groups excluding tert-OH is 2. The van der Waals surface area contributed by atoms with Crippen LogP contribution < -0.4 is 9.47 Å². The molecule has 0 radical (unpaired) electrons. The number of alkyl halides is 1. The first-order chi connectivity index (χ1) is 16.2. The van der Waals surface area contributed by atoms with Crippen molar-refractivity contribution in [2.24, 2.45) is 0 Å². The number of benzene rings is 2. The van der Waals surface area contributed by atoms with Crippen LogP contribution in [0.1, 0.15) is 25.0 Å². The minimum Gasteiger partial charge on any atom is -0.491 e. The van der Waals surface area contributed by atoms with Crippen LogP contribution in [0, 0.1) is 0 Å². The van der Waals surface area contributed by atoms with Crippen molar-refractivity contribution in [2.75, 3.05) is 51.9 Å². The van der Waals surface area contributed by atoms with Crippen LogP contribution in [0.4, 0.5) is 0 Å². The third-order valence-electron chi connectivity index (χ3n) is 5.91. The summed E-state index contributed by atoms with van der Waals surface area (Å²) in [4.78, 5) is 2.18. The highest BCUT2D eigenvalue weighted by atomic mass is 35.5. The summed E-state index contributed by atoms with van der Waals surface area (Å²) in [6.45, 7) is 8.03. The number of rotatable bonds is 11. The summed E-state index contributed by atoms with van der Waals surface area (Å²) in [5, 5.41) is 20.6. The molecule has 2 aromatic rings. The molecule has 1 fully saturated rings. The Morgan fingerprint density at radius 3 is 2.12 bits per heavy atom. The molecule has 2 atom stereocenters. The highest BCUT2D eigenvalue weighted by Gasteiger charge is 2.26. The Hall–Kier alpha value is -1.25. The van der Waals surface area contributed by atoms with E-state index in [1.165, 1.54) is 0 Å². The summed E-state index contributed by atoms with van der Waals surface area (Å²) < 4.78 is 16.7. The molecule has 1 heterocycles. The molecule has 0 aromatic heterocycles. The first kappa shape index (κ1) is 27.3. The van der Waals surface area contributed by atoms with E-state index in [-0.39, 0.29) is 19.1 Å². The summed E-state index contributed by atoms with van der Waals surface area (Å²) >= 11 is 18.5. The molecule has 1 saturated heterocycles. The Morgan fingerprint density at radius 1 is 0.941 bits per heavy atom. The summed E-state index contributed by atoms with van der Waals surface area (Å²) in [5.74, 6) is 1.08. The van der Waals surface area contributed by atoms with Crippen molar-refractivity contribution in [1.29, 1.82) is 0 Å². The van der Waals surface area contributed by atoms with Gasteiger partial charge in [0.05, 0.1) is 29.1 Å². The van der Waals surface area contributed by atoms with Gasteiger partial charge < -0.3 is 24.4 Å². The van der Waals surface area contributed by atoms with Gasteiger partial charge in [-0.3, -0.25) is 4.90 Å². The third kappa shape index (κ3) is 7.37. The average Bonchev–Trinajstić information content (AvgIpc) is 2.82. The lowest BCUT2D eigenvalue weighted by atomic mass is 9.78. The number of nitrogens with zero attached hydrogens (tertiary/aromatic N) is 1. The molecule has 0 unspecified atom stereocenters. The molecule has 9 heteroatoms. The van der Waals surface area contributed by atoms with E-state index < -0.39 is 17.6 Å². The molecule has 2 N–H and O–H groups in total. The normalized spacial score (nSPS) is 16.8. The summed E-state index contributed by atoms with van der Waals surface area (Å²) in [6, 6.07) is 11.4. The zero-order valence-electron chi connectivity index (χ0n) is 19.5. The smallest absolute Gasteiger partial charge is 0.156 e. The first-order valence-electron chi connectivity index (χ1n) is 11.3. The van der Waals surface area contributed by atoms with Gasteiger partial charge in [0.1, 0.15) is 31.2 Å². The van der Waals surface area contributed by atoms with E-state index in [0.717, 1.165) is 24.2 Å². The number of hydrogen-bond acceptors (Lipinski definition) is 6. The molecular formula is C25H32Cl3NO5. The maximum Gasteiger partial charge on any atom is 0.156 e. The fraction of sp³-hybridized carbons (Fsp3) is 0.520. The zero-order chi connectivity index (χ0) is 24.7. The number of ether oxygens (including phenoxy) is 3. The average molecular weight is 533 g/mol. The third-order valence-corrected chi connectivity index (χ3v) is 6.83. The minimum atomic E-state index is -0.800. The largest absolute Gasteiger partial charge is 0.491 e. The molecule has 1 aliphatic heterocycles. The predicted molar refractivity (Wildman–Crippen MR) is 136 cm³/mol. The zero-order valence-corrected chi connectivity index (χ0v) is 21.7. The molecule has 188 valence electrons. The minimum absolute atomic E-state index is 0.00822. The molecule has 3 rings (SSSR count). The van der Waals surface area contributed by atoms with E-state index in [1.54, 1.807) is 0 Å². The van der Waals surface area contributed by atoms with Crippen LogP contribution in [-0.2, 0) is 10.2 Å². The van der Waals surface area contributed by atoms with E-state index >= 15 is 0 Å². The van der Waals surface area contributed by atoms with Gasteiger partial charge in [-0.25, -0.2) is 0 Å².